The predicted octanol–water partition coefficient (Wildman–Crippen LogP) is 2.98. The second-order valence-electron chi connectivity index (χ2n) is 9.26. The van der Waals surface area contributed by atoms with Crippen LogP contribution in [0.5, 0.6) is 0 Å². The third-order valence-corrected chi connectivity index (χ3v) is 6.98. The Morgan fingerprint density at radius 3 is 2.46 bits per heavy atom. The van der Waals surface area contributed by atoms with Gasteiger partial charge in [0.15, 0.2) is 0 Å². The van der Waals surface area contributed by atoms with Crippen molar-refractivity contribution in [1.82, 2.24) is 10.2 Å². The number of rotatable bonds is 9. The molecule has 0 saturated heterocycles. The normalized spacial score (nSPS) is 30.4. The molecule has 0 aromatic carbocycles. The Morgan fingerprint density at radius 1 is 1.21 bits per heavy atom. The monoisotopic (exact) mass is 388 g/mol. The van der Waals surface area contributed by atoms with Gasteiger partial charge in [-0.25, -0.2) is 0 Å². The van der Waals surface area contributed by atoms with Gasteiger partial charge in [0, 0.05) is 20.1 Å². The van der Waals surface area contributed by atoms with Crippen molar-refractivity contribution in [3.8, 4) is 0 Å². The van der Waals surface area contributed by atoms with Crippen molar-refractivity contribution in [3.05, 3.63) is 24.2 Å². The van der Waals surface area contributed by atoms with Crippen molar-refractivity contribution < 1.29 is 18.7 Å². The van der Waals surface area contributed by atoms with Crippen LogP contribution >= 0.6 is 0 Å². The number of furan rings is 1. The molecule has 0 spiro atoms. The number of hydrogen-bond donors (Lipinski definition) is 1. The lowest BCUT2D eigenvalue weighted by Gasteiger charge is -2.56. The number of hydrogen-bond acceptors (Lipinski definition) is 4. The first-order chi connectivity index (χ1) is 13.5. The molecular weight excluding hydrogens is 356 g/mol. The molecule has 6 nitrogen and oxygen atoms in total. The maximum absolute atomic E-state index is 12.7. The zero-order chi connectivity index (χ0) is 19.6. The van der Waals surface area contributed by atoms with E-state index < -0.39 is 0 Å². The number of nitrogens with zero attached hydrogens (tertiary/aromatic N) is 1. The summed E-state index contributed by atoms with van der Waals surface area (Å²) < 4.78 is 10.5. The standard InChI is InChI=1S/C22H32N2O4/c1-27-6-4-24(15-19-3-2-5-28-19)21(26)14-23-20(25)13-22-10-16-7-17(11-22)9-18(8-16)12-22/h2-3,5,16-18H,4,6-15H2,1H3,(H,23,25). The van der Waals surface area contributed by atoms with Crippen LogP contribution in [-0.4, -0.2) is 43.5 Å². The summed E-state index contributed by atoms with van der Waals surface area (Å²) in [7, 11) is 1.61. The van der Waals surface area contributed by atoms with Crippen LogP contribution in [0.15, 0.2) is 22.8 Å². The summed E-state index contributed by atoms with van der Waals surface area (Å²) in [5.41, 5.74) is 0.200. The highest BCUT2D eigenvalue weighted by atomic mass is 16.5. The quantitative estimate of drug-likeness (QED) is 0.706. The lowest BCUT2D eigenvalue weighted by Crippen LogP contribution is -2.48. The van der Waals surface area contributed by atoms with Gasteiger partial charge in [-0.1, -0.05) is 0 Å². The van der Waals surface area contributed by atoms with Gasteiger partial charge in [-0.15, -0.1) is 0 Å². The van der Waals surface area contributed by atoms with Crippen molar-refractivity contribution in [1.29, 1.82) is 0 Å². The van der Waals surface area contributed by atoms with E-state index >= 15 is 0 Å². The number of nitrogens with one attached hydrogen (secondary N) is 1. The van der Waals surface area contributed by atoms with Gasteiger partial charge in [-0.05, 0) is 73.8 Å². The molecule has 4 saturated carbocycles. The summed E-state index contributed by atoms with van der Waals surface area (Å²) in [6.45, 7) is 1.35. The second-order valence-corrected chi connectivity index (χ2v) is 9.26. The number of methoxy groups -OCH3 is 1. The van der Waals surface area contributed by atoms with E-state index in [1.54, 1.807) is 18.3 Å². The average molecular weight is 389 g/mol. The number of ether oxygens (including phenoxy) is 1. The van der Waals surface area contributed by atoms with Crippen LogP contribution in [0.2, 0.25) is 0 Å². The Bertz CT molecular complexity index is 649. The van der Waals surface area contributed by atoms with Gasteiger partial charge in [-0.2, -0.15) is 0 Å². The Balaban J connectivity index is 1.28. The van der Waals surface area contributed by atoms with Crippen LogP contribution in [0.25, 0.3) is 0 Å². The number of carbonyl (C=O) groups excluding carboxylic acids is 2. The SMILES string of the molecule is COCCN(Cc1ccco1)C(=O)CNC(=O)CC12CC3CC(CC(C3)C1)C2. The Morgan fingerprint density at radius 2 is 1.89 bits per heavy atom. The van der Waals surface area contributed by atoms with Crippen molar-refractivity contribution in [3.63, 3.8) is 0 Å². The summed E-state index contributed by atoms with van der Waals surface area (Å²) in [5, 5.41) is 2.89. The lowest BCUT2D eigenvalue weighted by atomic mass is 9.49. The van der Waals surface area contributed by atoms with Crippen LogP contribution < -0.4 is 5.32 Å². The largest absolute Gasteiger partial charge is 0.467 e. The molecule has 0 unspecified atom stereocenters. The molecule has 154 valence electrons. The van der Waals surface area contributed by atoms with E-state index in [4.69, 9.17) is 9.15 Å². The van der Waals surface area contributed by atoms with Crippen LogP contribution in [0.1, 0.15) is 50.7 Å². The van der Waals surface area contributed by atoms with E-state index in [1.165, 1.54) is 38.5 Å². The predicted molar refractivity (Wildman–Crippen MR) is 104 cm³/mol. The Labute approximate surface area is 167 Å². The summed E-state index contributed by atoms with van der Waals surface area (Å²) in [4.78, 5) is 27.0. The summed E-state index contributed by atoms with van der Waals surface area (Å²) in [5.74, 6) is 3.15. The number of carbonyl (C=O) groups is 2. The highest BCUT2D eigenvalue weighted by molar-refractivity contribution is 5.85. The van der Waals surface area contributed by atoms with Crippen molar-refractivity contribution in [2.24, 2.45) is 23.2 Å². The molecule has 1 aromatic rings. The molecule has 0 radical (unpaired) electrons. The summed E-state index contributed by atoms with van der Waals surface area (Å²) in [6.07, 6.45) is 9.93. The van der Waals surface area contributed by atoms with Gasteiger partial charge in [-0.3, -0.25) is 9.59 Å². The third kappa shape index (κ3) is 4.43. The fraction of sp³-hybridized carbons (Fsp3) is 0.727. The summed E-state index contributed by atoms with van der Waals surface area (Å²) in [6, 6.07) is 3.65. The first-order valence-electron chi connectivity index (χ1n) is 10.6. The highest BCUT2D eigenvalue weighted by Gasteiger charge is 2.51. The van der Waals surface area contributed by atoms with Gasteiger partial charge in [0.2, 0.25) is 11.8 Å². The second kappa shape index (κ2) is 8.27. The molecule has 0 aliphatic heterocycles. The fourth-order valence-corrected chi connectivity index (χ4v) is 6.28. The zero-order valence-electron chi connectivity index (χ0n) is 16.8. The molecule has 4 fully saturated rings. The van der Waals surface area contributed by atoms with E-state index in [2.05, 4.69) is 5.32 Å². The molecule has 0 atom stereocenters. The minimum absolute atomic E-state index is 0.0278. The first-order valence-corrected chi connectivity index (χ1v) is 10.6. The van der Waals surface area contributed by atoms with E-state index in [9.17, 15) is 9.59 Å². The van der Waals surface area contributed by atoms with Crippen LogP contribution in [0.3, 0.4) is 0 Å². The topological polar surface area (TPSA) is 71.8 Å². The van der Waals surface area contributed by atoms with Gasteiger partial charge < -0.3 is 19.4 Å². The Hall–Kier alpha value is -1.82. The molecule has 4 aliphatic rings. The molecule has 1 aromatic heterocycles. The maximum atomic E-state index is 12.7. The molecule has 2 amide bonds. The molecule has 4 aliphatic carbocycles. The first kappa shape index (κ1) is 19.5. The van der Waals surface area contributed by atoms with Crippen molar-refractivity contribution in [2.75, 3.05) is 26.8 Å². The fourth-order valence-electron chi connectivity index (χ4n) is 6.28. The lowest BCUT2D eigenvalue weighted by molar-refractivity contribution is -0.136. The smallest absolute Gasteiger partial charge is 0.242 e. The van der Waals surface area contributed by atoms with Crippen LogP contribution in [-0.2, 0) is 20.9 Å². The maximum Gasteiger partial charge on any atom is 0.242 e. The molecule has 6 heteroatoms. The zero-order valence-corrected chi connectivity index (χ0v) is 16.8. The molecular formula is C22H32N2O4. The average Bonchev–Trinajstić information content (AvgIpc) is 3.14. The van der Waals surface area contributed by atoms with E-state index in [1.807, 2.05) is 12.1 Å². The molecule has 4 bridgehead atoms. The molecule has 5 rings (SSSR count). The van der Waals surface area contributed by atoms with Crippen molar-refractivity contribution >= 4 is 11.8 Å². The third-order valence-electron chi connectivity index (χ3n) is 6.98. The van der Waals surface area contributed by atoms with Crippen LogP contribution in [0.4, 0.5) is 0 Å². The summed E-state index contributed by atoms with van der Waals surface area (Å²) >= 11 is 0. The minimum Gasteiger partial charge on any atom is -0.467 e. The van der Waals surface area contributed by atoms with Crippen molar-refractivity contribution in [2.45, 2.75) is 51.5 Å². The molecule has 1 heterocycles. The molecule has 1 N–H and O–H groups in total. The van der Waals surface area contributed by atoms with E-state index in [-0.39, 0.29) is 23.8 Å². The van der Waals surface area contributed by atoms with E-state index in [0.29, 0.717) is 26.1 Å². The Kier molecular flexibility index (Phi) is 5.76. The number of amides is 2. The molecule has 28 heavy (non-hydrogen) atoms. The van der Waals surface area contributed by atoms with E-state index in [0.717, 1.165) is 23.5 Å². The van der Waals surface area contributed by atoms with Gasteiger partial charge in [0.25, 0.3) is 0 Å². The highest BCUT2D eigenvalue weighted by Crippen LogP contribution is 2.61. The van der Waals surface area contributed by atoms with Gasteiger partial charge in [0.05, 0.1) is 26.0 Å². The van der Waals surface area contributed by atoms with Gasteiger partial charge in [0.1, 0.15) is 5.76 Å². The van der Waals surface area contributed by atoms with Crippen LogP contribution in [0, 0.1) is 23.2 Å². The minimum atomic E-state index is -0.104. The van der Waals surface area contributed by atoms with Gasteiger partial charge >= 0.3 is 0 Å².